The van der Waals surface area contributed by atoms with E-state index in [0.717, 1.165) is 14.8 Å². The van der Waals surface area contributed by atoms with Gasteiger partial charge in [0, 0.05) is 10.4 Å². The Hall–Kier alpha value is -1.38. The highest BCUT2D eigenvalue weighted by atomic mass is 35.5. The van der Waals surface area contributed by atoms with Gasteiger partial charge in [-0.2, -0.15) is 0 Å². The zero-order chi connectivity index (χ0) is 12.3. The first-order valence-electron chi connectivity index (χ1n) is 5.20. The molecule has 0 N–H and O–H groups in total. The number of hydrogen-bond acceptors (Lipinski definition) is 2. The Bertz CT molecular complexity index is 535. The lowest BCUT2D eigenvalue weighted by molar-refractivity contribution is 0.104. The molecule has 0 amide bonds. The number of aryl methyl sites for hydroxylation is 1. The van der Waals surface area contributed by atoms with Crippen LogP contribution in [0.25, 0.3) is 6.08 Å². The van der Waals surface area contributed by atoms with E-state index in [9.17, 15) is 4.79 Å². The van der Waals surface area contributed by atoms with Gasteiger partial charge in [-0.05, 0) is 30.7 Å². The molecule has 0 unspecified atom stereocenters. The summed E-state index contributed by atoms with van der Waals surface area (Å²) in [6.07, 6.45) is 3.38. The Balaban J connectivity index is 2.14. The van der Waals surface area contributed by atoms with Gasteiger partial charge in [0.1, 0.15) is 0 Å². The molecule has 0 aliphatic carbocycles. The Morgan fingerprint density at radius 3 is 2.59 bits per heavy atom. The second-order valence-corrected chi connectivity index (χ2v) is 5.35. The molecule has 2 aromatic rings. The number of benzene rings is 1. The zero-order valence-electron chi connectivity index (χ0n) is 9.31. The minimum Gasteiger partial charge on any atom is -0.289 e. The van der Waals surface area contributed by atoms with E-state index in [2.05, 4.69) is 0 Å². The fraction of sp³-hybridized carbons (Fsp3) is 0.0714. The second-order valence-electron chi connectivity index (χ2n) is 3.67. The minimum atomic E-state index is 0.00720. The fourth-order valence-electron chi connectivity index (χ4n) is 1.42. The van der Waals surface area contributed by atoms with E-state index in [0.29, 0.717) is 5.56 Å². The van der Waals surface area contributed by atoms with Crippen molar-refractivity contribution in [1.29, 1.82) is 0 Å². The predicted molar refractivity (Wildman–Crippen MR) is 73.9 cm³/mol. The maximum atomic E-state index is 11.8. The molecule has 1 aromatic heterocycles. The normalized spacial score (nSPS) is 10.9. The van der Waals surface area contributed by atoms with E-state index in [1.807, 2.05) is 31.2 Å². The van der Waals surface area contributed by atoms with Crippen LogP contribution in [0.2, 0.25) is 4.34 Å². The maximum absolute atomic E-state index is 11.8. The van der Waals surface area contributed by atoms with Gasteiger partial charge in [-0.1, -0.05) is 41.9 Å². The highest BCUT2D eigenvalue weighted by Crippen LogP contribution is 2.27. The molecule has 0 atom stereocenters. The van der Waals surface area contributed by atoms with Gasteiger partial charge in [0.2, 0.25) is 0 Å². The van der Waals surface area contributed by atoms with E-state index in [-0.39, 0.29) is 5.78 Å². The van der Waals surface area contributed by atoms with Crippen LogP contribution in [0.1, 0.15) is 20.8 Å². The van der Waals surface area contributed by atoms with Crippen LogP contribution in [0.5, 0.6) is 0 Å². The fourth-order valence-corrected chi connectivity index (χ4v) is 2.54. The first-order valence-corrected chi connectivity index (χ1v) is 6.39. The smallest absolute Gasteiger partial charge is 0.185 e. The number of allylic oxidation sites excluding steroid dienone is 1. The summed E-state index contributed by atoms with van der Waals surface area (Å²) >= 11 is 7.44. The number of rotatable bonds is 3. The molecular weight excluding hydrogens is 252 g/mol. The van der Waals surface area contributed by atoms with E-state index < -0.39 is 0 Å². The van der Waals surface area contributed by atoms with Crippen molar-refractivity contribution in [3.63, 3.8) is 0 Å². The largest absolute Gasteiger partial charge is 0.289 e. The van der Waals surface area contributed by atoms with Crippen molar-refractivity contribution in [3.8, 4) is 0 Å². The van der Waals surface area contributed by atoms with Gasteiger partial charge in [0.05, 0.1) is 4.34 Å². The molecule has 1 heterocycles. The van der Waals surface area contributed by atoms with Gasteiger partial charge in [-0.15, -0.1) is 11.3 Å². The predicted octanol–water partition coefficient (Wildman–Crippen LogP) is 4.61. The molecule has 17 heavy (non-hydrogen) atoms. The molecule has 0 spiro atoms. The Morgan fingerprint density at radius 2 is 2.00 bits per heavy atom. The van der Waals surface area contributed by atoms with Crippen molar-refractivity contribution >= 4 is 34.8 Å². The molecule has 0 radical (unpaired) electrons. The van der Waals surface area contributed by atoms with E-state index >= 15 is 0 Å². The van der Waals surface area contributed by atoms with Crippen LogP contribution in [0.15, 0.2) is 42.5 Å². The van der Waals surface area contributed by atoms with Gasteiger partial charge in [-0.25, -0.2) is 0 Å². The molecule has 0 bridgehead atoms. The molecule has 1 nitrogen and oxygen atoms in total. The first-order chi connectivity index (χ1) is 8.16. The summed E-state index contributed by atoms with van der Waals surface area (Å²) in [6, 6.07) is 11.2. The summed E-state index contributed by atoms with van der Waals surface area (Å²) in [4.78, 5) is 12.8. The Labute approximate surface area is 109 Å². The molecule has 0 saturated heterocycles. The average Bonchev–Trinajstić information content (AvgIpc) is 2.67. The first kappa shape index (κ1) is 12.1. The van der Waals surface area contributed by atoms with E-state index in [4.69, 9.17) is 11.6 Å². The second kappa shape index (κ2) is 5.30. The van der Waals surface area contributed by atoms with Crippen LogP contribution < -0.4 is 0 Å². The van der Waals surface area contributed by atoms with Crippen LogP contribution in [-0.4, -0.2) is 5.78 Å². The molecule has 1 aromatic carbocycles. The van der Waals surface area contributed by atoms with Crippen molar-refractivity contribution < 1.29 is 4.79 Å². The number of thiophene rings is 1. The van der Waals surface area contributed by atoms with Crippen molar-refractivity contribution in [2.75, 3.05) is 0 Å². The van der Waals surface area contributed by atoms with Gasteiger partial charge in [0.25, 0.3) is 0 Å². The average molecular weight is 263 g/mol. The van der Waals surface area contributed by atoms with Crippen molar-refractivity contribution in [2.45, 2.75) is 6.92 Å². The Kier molecular flexibility index (Phi) is 3.77. The molecule has 2 rings (SSSR count). The summed E-state index contributed by atoms with van der Waals surface area (Å²) in [7, 11) is 0. The van der Waals surface area contributed by atoms with Crippen LogP contribution in [0.4, 0.5) is 0 Å². The lowest BCUT2D eigenvalue weighted by Crippen LogP contribution is -1.92. The molecule has 3 heteroatoms. The number of hydrogen-bond donors (Lipinski definition) is 0. The standard InChI is InChI=1S/C14H11ClOS/c1-10-9-12(17-14(10)15)7-8-13(16)11-5-3-2-4-6-11/h2-9H,1H3/b8-7+. The van der Waals surface area contributed by atoms with Crippen molar-refractivity contribution in [1.82, 2.24) is 0 Å². The third-order valence-electron chi connectivity index (χ3n) is 2.33. The van der Waals surface area contributed by atoms with Gasteiger partial charge in [-0.3, -0.25) is 4.79 Å². The quantitative estimate of drug-likeness (QED) is 0.583. The van der Waals surface area contributed by atoms with Crippen LogP contribution in [0, 0.1) is 6.92 Å². The van der Waals surface area contributed by atoms with Crippen LogP contribution in [0.3, 0.4) is 0 Å². The summed E-state index contributed by atoms with van der Waals surface area (Å²) in [5.41, 5.74) is 1.74. The summed E-state index contributed by atoms with van der Waals surface area (Å²) < 4.78 is 0.775. The third kappa shape index (κ3) is 3.05. The summed E-state index contributed by atoms with van der Waals surface area (Å²) in [5.74, 6) is 0.00720. The Morgan fingerprint density at radius 1 is 1.29 bits per heavy atom. The van der Waals surface area contributed by atoms with Crippen molar-refractivity contribution in [2.24, 2.45) is 0 Å². The van der Waals surface area contributed by atoms with Crippen molar-refractivity contribution in [3.05, 3.63) is 62.8 Å². The molecule has 0 aliphatic rings. The van der Waals surface area contributed by atoms with Gasteiger partial charge in [0.15, 0.2) is 5.78 Å². The zero-order valence-corrected chi connectivity index (χ0v) is 10.9. The summed E-state index contributed by atoms with van der Waals surface area (Å²) in [5, 5.41) is 0. The van der Waals surface area contributed by atoms with Crippen LogP contribution >= 0.6 is 22.9 Å². The van der Waals surface area contributed by atoms with E-state index in [1.165, 1.54) is 11.3 Å². The lowest BCUT2D eigenvalue weighted by atomic mass is 10.1. The molecule has 86 valence electrons. The van der Waals surface area contributed by atoms with Gasteiger partial charge < -0.3 is 0 Å². The maximum Gasteiger partial charge on any atom is 0.185 e. The molecule has 0 saturated carbocycles. The topological polar surface area (TPSA) is 17.1 Å². The molecule has 0 fully saturated rings. The number of halogens is 1. The minimum absolute atomic E-state index is 0.00720. The monoisotopic (exact) mass is 262 g/mol. The third-order valence-corrected chi connectivity index (χ3v) is 3.85. The highest BCUT2D eigenvalue weighted by molar-refractivity contribution is 7.17. The van der Waals surface area contributed by atoms with E-state index in [1.54, 1.807) is 24.3 Å². The highest BCUT2D eigenvalue weighted by Gasteiger charge is 2.02. The number of carbonyl (C=O) groups excluding carboxylic acids is 1. The van der Waals surface area contributed by atoms with Crippen LogP contribution in [-0.2, 0) is 0 Å². The SMILES string of the molecule is Cc1cc(/C=C/C(=O)c2ccccc2)sc1Cl. The summed E-state index contributed by atoms with van der Waals surface area (Å²) in [6.45, 7) is 1.95. The molecular formula is C14H11ClOS. The number of ketones is 1. The molecule has 0 aliphatic heterocycles. The van der Waals surface area contributed by atoms with Gasteiger partial charge >= 0.3 is 0 Å². The lowest BCUT2D eigenvalue weighted by Gasteiger charge is -1.92. The number of carbonyl (C=O) groups is 1.